The van der Waals surface area contributed by atoms with Gasteiger partial charge < -0.3 is 14.4 Å². The number of rotatable bonds is 3. The zero-order chi connectivity index (χ0) is 17.3. The highest BCUT2D eigenvalue weighted by Gasteiger charge is 2.41. The number of likely N-dealkylation sites (N-methyl/N-ethyl adjacent to an activating group) is 1. The number of sulfonamides is 1. The molecule has 1 aromatic rings. The van der Waals surface area contributed by atoms with E-state index in [4.69, 9.17) is 9.47 Å². The number of nitrogens with zero attached hydrogens (tertiary/aromatic N) is 2. The van der Waals surface area contributed by atoms with Gasteiger partial charge in [0.2, 0.25) is 0 Å². The average molecular weight is 352 g/mol. The highest BCUT2D eigenvalue weighted by Crippen LogP contribution is 2.37. The van der Waals surface area contributed by atoms with Crippen molar-refractivity contribution in [1.82, 2.24) is 9.21 Å². The van der Waals surface area contributed by atoms with E-state index in [1.54, 1.807) is 30.0 Å². The van der Waals surface area contributed by atoms with Crippen molar-refractivity contribution in [3.8, 4) is 0 Å². The summed E-state index contributed by atoms with van der Waals surface area (Å²) in [5, 5.41) is 0. The SMILES string of the molecule is CCN1C(C(=O)N2CCOCC2)=C(OC)c2ccccc2S1(=O)=O. The third kappa shape index (κ3) is 2.55. The molecule has 0 bridgehead atoms. The normalized spacial score (nSPS) is 19.9. The highest BCUT2D eigenvalue weighted by atomic mass is 32.2. The van der Waals surface area contributed by atoms with Gasteiger partial charge in [0.25, 0.3) is 15.9 Å². The van der Waals surface area contributed by atoms with Gasteiger partial charge in [0.1, 0.15) is 0 Å². The minimum atomic E-state index is -3.79. The lowest BCUT2D eigenvalue weighted by Crippen LogP contribution is -2.47. The largest absolute Gasteiger partial charge is 0.494 e. The van der Waals surface area contributed by atoms with Crippen LogP contribution >= 0.6 is 0 Å². The quantitative estimate of drug-likeness (QED) is 0.807. The molecule has 0 aliphatic carbocycles. The number of amides is 1. The number of carbonyl (C=O) groups is 1. The lowest BCUT2D eigenvalue weighted by atomic mass is 10.1. The first-order valence-electron chi connectivity index (χ1n) is 7.79. The zero-order valence-electron chi connectivity index (χ0n) is 13.7. The second kappa shape index (κ2) is 6.45. The Bertz CT molecular complexity index is 781. The van der Waals surface area contributed by atoms with Gasteiger partial charge in [-0.25, -0.2) is 8.42 Å². The van der Waals surface area contributed by atoms with Crippen molar-refractivity contribution in [3.63, 3.8) is 0 Å². The second-order valence-corrected chi connectivity index (χ2v) is 7.28. The maximum absolute atomic E-state index is 13.0. The van der Waals surface area contributed by atoms with E-state index in [1.807, 2.05) is 0 Å². The molecule has 2 aliphatic rings. The van der Waals surface area contributed by atoms with Crippen molar-refractivity contribution in [2.75, 3.05) is 40.0 Å². The molecule has 1 fully saturated rings. The van der Waals surface area contributed by atoms with Crippen molar-refractivity contribution >= 4 is 21.7 Å². The van der Waals surface area contributed by atoms with Gasteiger partial charge in [0.15, 0.2) is 11.5 Å². The van der Waals surface area contributed by atoms with Crippen molar-refractivity contribution < 1.29 is 22.7 Å². The Morgan fingerprint density at radius 3 is 2.54 bits per heavy atom. The molecule has 2 heterocycles. The molecule has 0 radical (unpaired) electrons. The smallest absolute Gasteiger partial charge is 0.275 e. The molecule has 0 unspecified atom stereocenters. The molecule has 24 heavy (non-hydrogen) atoms. The fourth-order valence-electron chi connectivity index (χ4n) is 3.01. The Hall–Kier alpha value is -2.06. The highest BCUT2D eigenvalue weighted by molar-refractivity contribution is 7.89. The van der Waals surface area contributed by atoms with E-state index in [0.29, 0.717) is 37.6 Å². The van der Waals surface area contributed by atoms with Crippen LogP contribution in [0.15, 0.2) is 34.9 Å². The van der Waals surface area contributed by atoms with E-state index in [2.05, 4.69) is 0 Å². The minimum Gasteiger partial charge on any atom is -0.494 e. The van der Waals surface area contributed by atoms with Crippen LogP contribution in [0.5, 0.6) is 0 Å². The number of ether oxygens (including phenoxy) is 2. The Balaban J connectivity index is 2.19. The van der Waals surface area contributed by atoms with Gasteiger partial charge in [-0.2, -0.15) is 0 Å². The summed E-state index contributed by atoms with van der Waals surface area (Å²) in [7, 11) is -2.34. The number of carbonyl (C=O) groups excluding carboxylic acids is 1. The summed E-state index contributed by atoms with van der Waals surface area (Å²) >= 11 is 0. The summed E-state index contributed by atoms with van der Waals surface area (Å²) in [6, 6.07) is 6.58. The first kappa shape index (κ1) is 16.8. The Morgan fingerprint density at radius 1 is 1.25 bits per heavy atom. The predicted octanol–water partition coefficient (Wildman–Crippen LogP) is 0.885. The molecular weight excluding hydrogens is 332 g/mol. The van der Waals surface area contributed by atoms with E-state index >= 15 is 0 Å². The van der Waals surface area contributed by atoms with Gasteiger partial charge in [-0.05, 0) is 19.1 Å². The standard InChI is InChI=1S/C16H20N2O5S/c1-3-18-14(16(19)17-8-10-23-11-9-17)15(22-2)12-6-4-5-7-13(12)24(18,20)21/h4-7H,3,8-11H2,1-2H3. The summed E-state index contributed by atoms with van der Waals surface area (Å²) in [5.41, 5.74) is 0.488. The zero-order valence-corrected chi connectivity index (χ0v) is 14.5. The third-order valence-electron chi connectivity index (χ3n) is 4.16. The molecule has 1 amide bonds. The average Bonchev–Trinajstić information content (AvgIpc) is 2.61. The Morgan fingerprint density at radius 2 is 1.92 bits per heavy atom. The van der Waals surface area contributed by atoms with Crippen LogP contribution < -0.4 is 0 Å². The first-order chi connectivity index (χ1) is 11.5. The fraction of sp³-hybridized carbons (Fsp3) is 0.438. The summed E-state index contributed by atoms with van der Waals surface area (Å²) in [5.74, 6) is -0.0613. The van der Waals surface area contributed by atoms with Crippen LogP contribution in [0.1, 0.15) is 12.5 Å². The molecule has 130 valence electrons. The van der Waals surface area contributed by atoms with E-state index < -0.39 is 10.0 Å². The van der Waals surface area contributed by atoms with Crippen molar-refractivity contribution in [2.45, 2.75) is 11.8 Å². The number of morpholine rings is 1. The first-order valence-corrected chi connectivity index (χ1v) is 9.23. The molecule has 1 aromatic carbocycles. The monoisotopic (exact) mass is 352 g/mol. The van der Waals surface area contributed by atoms with E-state index in [-0.39, 0.29) is 23.0 Å². The molecule has 0 spiro atoms. The molecule has 3 rings (SSSR count). The van der Waals surface area contributed by atoms with Gasteiger partial charge in [0, 0.05) is 25.2 Å². The number of hydrogen-bond donors (Lipinski definition) is 0. The van der Waals surface area contributed by atoms with Gasteiger partial charge in [-0.3, -0.25) is 9.10 Å². The second-order valence-electron chi connectivity index (χ2n) is 5.45. The summed E-state index contributed by atoms with van der Waals surface area (Å²) in [4.78, 5) is 14.8. The lowest BCUT2D eigenvalue weighted by Gasteiger charge is -2.35. The van der Waals surface area contributed by atoms with Gasteiger partial charge >= 0.3 is 0 Å². The van der Waals surface area contributed by atoms with Crippen LogP contribution in [-0.2, 0) is 24.3 Å². The van der Waals surface area contributed by atoms with Crippen LogP contribution in [0.3, 0.4) is 0 Å². The van der Waals surface area contributed by atoms with Gasteiger partial charge in [-0.1, -0.05) is 12.1 Å². The maximum Gasteiger partial charge on any atom is 0.275 e. The number of benzene rings is 1. The lowest BCUT2D eigenvalue weighted by molar-refractivity contribution is -0.132. The molecule has 1 saturated heterocycles. The van der Waals surface area contributed by atoms with E-state index in [0.717, 1.165) is 4.31 Å². The van der Waals surface area contributed by atoms with Crippen LogP contribution in [0.2, 0.25) is 0 Å². The van der Waals surface area contributed by atoms with Crippen molar-refractivity contribution in [2.24, 2.45) is 0 Å². The molecule has 0 aromatic heterocycles. The Labute approximate surface area is 141 Å². The number of hydrogen-bond acceptors (Lipinski definition) is 5. The van der Waals surface area contributed by atoms with Crippen molar-refractivity contribution in [1.29, 1.82) is 0 Å². The Kier molecular flexibility index (Phi) is 4.51. The molecule has 7 nitrogen and oxygen atoms in total. The number of fused-ring (bicyclic) bond motifs is 1. The minimum absolute atomic E-state index is 0.0700. The maximum atomic E-state index is 13.0. The predicted molar refractivity (Wildman–Crippen MR) is 87.3 cm³/mol. The summed E-state index contributed by atoms with van der Waals surface area (Å²) in [6.45, 7) is 3.59. The number of methoxy groups -OCH3 is 1. The fourth-order valence-corrected chi connectivity index (χ4v) is 4.68. The molecular formula is C16H20N2O5S. The summed E-state index contributed by atoms with van der Waals surface area (Å²) < 4.78 is 37.7. The third-order valence-corrected chi connectivity index (χ3v) is 6.09. The topological polar surface area (TPSA) is 76.2 Å². The van der Waals surface area contributed by atoms with Crippen LogP contribution in [0.25, 0.3) is 5.76 Å². The van der Waals surface area contributed by atoms with Crippen LogP contribution in [-0.4, -0.2) is 63.5 Å². The van der Waals surface area contributed by atoms with Gasteiger partial charge in [0.05, 0.1) is 25.2 Å². The summed E-state index contributed by atoms with van der Waals surface area (Å²) in [6.07, 6.45) is 0. The molecule has 2 aliphatic heterocycles. The molecule has 0 saturated carbocycles. The van der Waals surface area contributed by atoms with Crippen LogP contribution in [0.4, 0.5) is 0 Å². The van der Waals surface area contributed by atoms with E-state index in [9.17, 15) is 13.2 Å². The van der Waals surface area contributed by atoms with Crippen LogP contribution in [0, 0.1) is 0 Å². The molecule has 8 heteroatoms. The molecule has 0 N–H and O–H groups in total. The van der Waals surface area contributed by atoms with Gasteiger partial charge in [-0.15, -0.1) is 0 Å². The van der Waals surface area contributed by atoms with Crippen molar-refractivity contribution in [3.05, 3.63) is 35.5 Å². The van der Waals surface area contributed by atoms with E-state index in [1.165, 1.54) is 13.2 Å². The molecule has 0 atom stereocenters.